The molecule has 1 aromatic carbocycles. The third-order valence-electron chi connectivity index (χ3n) is 4.31. The summed E-state index contributed by atoms with van der Waals surface area (Å²) in [5, 5.41) is 2.60. The van der Waals surface area contributed by atoms with Gasteiger partial charge in [0.15, 0.2) is 5.82 Å². The molecule has 30 heavy (non-hydrogen) atoms. The number of piperazine rings is 1. The molecule has 0 spiro atoms. The van der Waals surface area contributed by atoms with Crippen molar-refractivity contribution in [3.05, 3.63) is 47.0 Å². The Kier molecular flexibility index (Phi) is 6.40. The maximum Gasteiger partial charge on any atom is 0.410 e. The Morgan fingerprint density at radius 2 is 1.83 bits per heavy atom. The molecule has 1 aliphatic rings. The average Bonchev–Trinajstić information content (AvgIpc) is 2.67. The number of amides is 2. The summed E-state index contributed by atoms with van der Waals surface area (Å²) in [4.78, 5) is 36.6. The van der Waals surface area contributed by atoms with Crippen molar-refractivity contribution in [1.82, 2.24) is 14.9 Å². The summed E-state index contributed by atoms with van der Waals surface area (Å²) in [5.74, 6) is -0.145. The maximum absolute atomic E-state index is 13.1. The van der Waals surface area contributed by atoms with Gasteiger partial charge >= 0.3 is 6.09 Å². The summed E-state index contributed by atoms with van der Waals surface area (Å²) in [6, 6.07) is 3.54. The van der Waals surface area contributed by atoms with Crippen LogP contribution in [0.25, 0.3) is 0 Å². The van der Waals surface area contributed by atoms with Gasteiger partial charge in [0.1, 0.15) is 17.2 Å². The highest BCUT2D eigenvalue weighted by Gasteiger charge is 2.26. The minimum atomic E-state index is -0.530. The van der Waals surface area contributed by atoms with Crippen LogP contribution in [0.2, 0.25) is 5.02 Å². The van der Waals surface area contributed by atoms with Crippen molar-refractivity contribution in [3.63, 3.8) is 0 Å². The van der Waals surface area contributed by atoms with E-state index in [0.29, 0.717) is 32.0 Å². The van der Waals surface area contributed by atoms with Crippen LogP contribution in [0.3, 0.4) is 0 Å². The number of hydrogen-bond acceptors (Lipinski definition) is 6. The maximum atomic E-state index is 13.1. The van der Waals surface area contributed by atoms with E-state index >= 15 is 0 Å². The number of nitrogens with one attached hydrogen (secondary N) is 1. The van der Waals surface area contributed by atoms with Crippen molar-refractivity contribution in [1.29, 1.82) is 0 Å². The highest BCUT2D eigenvalue weighted by molar-refractivity contribution is 6.34. The number of aromatic nitrogens is 2. The summed E-state index contributed by atoms with van der Waals surface area (Å²) in [6.07, 6.45) is 2.65. The van der Waals surface area contributed by atoms with Gasteiger partial charge in [0.2, 0.25) is 0 Å². The number of rotatable bonds is 3. The Morgan fingerprint density at radius 1 is 1.13 bits per heavy atom. The molecular formula is C20H23ClFN5O3. The Balaban J connectivity index is 1.56. The molecule has 160 valence electrons. The number of ether oxygens (including phenoxy) is 1. The van der Waals surface area contributed by atoms with Gasteiger partial charge in [-0.05, 0) is 39.0 Å². The zero-order valence-corrected chi connectivity index (χ0v) is 17.7. The number of benzene rings is 1. The molecular weight excluding hydrogens is 413 g/mol. The van der Waals surface area contributed by atoms with Crippen molar-refractivity contribution < 1.29 is 18.7 Å². The molecule has 2 heterocycles. The smallest absolute Gasteiger partial charge is 0.410 e. The fourth-order valence-corrected chi connectivity index (χ4v) is 3.10. The molecule has 3 rings (SSSR count). The van der Waals surface area contributed by atoms with Gasteiger partial charge in [0.05, 0.1) is 23.0 Å². The van der Waals surface area contributed by atoms with Gasteiger partial charge < -0.3 is 19.9 Å². The van der Waals surface area contributed by atoms with E-state index in [0.717, 1.165) is 12.1 Å². The van der Waals surface area contributed by atoms with Gasteiger partial charge in [-0.1, -0.05) is 11.6 Å². The quantitative estimate of drug-likeness (QED) is 0.792. The van der Waals surface area contributed by atoms with E-state index < -0.39 is 17.3 Å². The summed E-state index contributed by atoms with van der Waals surface area (Å²) in [5.41, 5.74) is -0.389. The van der Waals surface area contributed by atoms with Gasteiger partial charge in [0, 0.05) is 26.2 Å². The van der Waals surface area contributed by atoms with E-state index in [2.05, 4.69) is 15.3 Å². The van der Waals surface area contributed by atoms with Crippen LogP contribution < -0.4 is 10.2 Å². The lowest BCUT2D eigenvalue weighted by Crippen LogP contribution is -2.50. The summed E-state index contributed by atoms with van der Waals surface area (Å²) >= 11 is 5.91. The summed E-state index contributed by atoms with van der Waals surface area (Å²) in [6.45, 7) is 7.70. The normalized spacial score (nSPS) is 14.4. The van der Waals surface area contributed by atoms with Crippen LogP contribution >= 0.6 is 11.6 Å². The molecule has 2 amide bonds. The van der Waals surface area contributed by atoms with Crippen molar-refractivity contribution in [3.8, 4) is 0 Å². The highest BCUT2D eigenvalue weighted by Crippen LogP contribution is 2.20. The minimum absolute atomic E-state index is 0.0138. The van der Waals surface area contributed by atoms with Crippen molar-refractivity contribution in [2.75, 3.05) is 36.4 Å². The first-order chi connectivity index (χ1) is 14.1. The Bertz CT molecular complexity index is 925. The largest absolute Gasteiger partial charge is 0.444 e. The number of halogens is 2. The molecule has 0 atom stereocenters. The van der Waals surface area contributed by atoms with E-state index in [-0.39, 0.29) is 22.5 Å². The fourth-order valence-electron chi connectivity index (χ4n) is 2.85. The third-order valence-corrected chi connectivity index (χ3v) is 4.62. The fraction of sp³-hybridized carbons (Fsp3) is 0.400. The predicted octanol–water partition coefficient (Wildman–Crippen LogP) is 3.58. The number of hydrogen-bond donors (Lipinski definition) is 1. The van der Waals surface area contributed by atoms with Crippen LogP contribution in [0, 0.1) is 5.82 Å². The number of carbonyl (C=O) groups excluding carboxylic acids is 2. The summed E-state index contributed by atoms with van der Waals surface area (Å²) in [7, 11) is 0. The first-order valence-electron chi connectivity index (χ1n) is 9.44. The van der Waals surface area contributed by atoms with E-state index in [1.54, 1.807) is 11.1 Å². The van der Waals surface area contributed by atoms with E-state index in [9.17, 15) is 14.0 Å². The van der Waals surface area contributed by atoms with Crippen molar-refractivity contribution >= 4 is 35.2 Å². The standard InChI is InChI=1S/C20H23ClFN5O3/c1-20(2,3)30-19(29)27-8-6-26(7-9-27)17-12-23-16(11-24-17)25-18(28)14-5-4-13(22)10-15(14)21/h4-5,10-12H,6-9H2,1-3H3,(H,23,25,28). The first kappa shape index (κ1) is 21.8. The average molecular weight is 436 g/mol. The molecule has 8 nitrogen and oxygen atoms in total. The molecule has 0 saturated carbocycles. The highest BCUT2D eigenvalue weighted by atomic mass is 35.5. The Hall–Kier alpha value is -2.94. The Morgan fingerprint density at radius 3 is 2.40 bits per heavy atom. The first-order valence-corrected chi connectivity index (χ1v) is 9.81. The molecule has 0 unspecified atom stereocenters. The topological polar surface area (TPSA) is 87.7 Å². The van der Waals surface area contributed by atoms with E-state index in [1.165, 1.54) is 12.3 Å². The molecule has 0 aliphatic carbocycles. The van der Waals surface area contributed by atoms with E-state index in [1.807, 2.05) is 25.7 Å². The molecule has 1 saturated heterocycles. The lowest BCUT2D eigenvalue weighted by molar-refractivity contribution is 0.0240. The SMILES string of the molecule is CC(C)(C)OC(=O)N1CCN(c2cnc(NC(=O)c3ccc(F)cc3Cl)cn2)CC1. The van der Waals surface area contributed by atoms with Crippen LogP contribution in [-0.2, 0) is 4.74 Å². The third kappa shape index (κ3) is 5.56. The number of anilines is 2. The van der Waals surface area contributed by atoms with Gasteiger partial charge in [-0.3, -0.25) is 4.79 Å². The zero-order chi connectivity index (χ0) is 21.9. The van der Waals surface area contributed by atoms with Crippen LogP contribution in [0.4, 0.5) is 20.8 Å². The van der Waals surface area contributed by atoms with Gasteiger partial charge in [0.25, 0.3) is 5.91 Å². The molecule has 1 fully saturated rings. The molecule has 1 aliphatic heterocycles. The Labute approximate surface area is 179 Å². The second-order valence-corrected chi connectivity index (χ2v) is 8.20. The molecule has 0 radical (unpaired) electrons. The molecule has 1 aromatic heterocycles. The van der Waals surface area contributed by atoms with Gasteiger partial charge in [-0.25, -0.2) is 19.2 Å². The second kappa shape index (κ2) is 8.83. The minimum Gasteiger partial charge on any atom is -0.444 e. The van der Waals surface area contributed by atoms with Crippen LogP contribution in [0.1, 0.15) is 31.1 Å². The number of carbonyl (C=O) groups is 2. The predicted molar refractivity (Wildman–Crippen MR) is 111 cm³/mol. The van der Waals surface area contributed by atoms with Crippen LogP contribution in [0.15, 0.2) is 30.6 Å². The van der Waals surface area contributed by atoms with Gasteiger partial charge in [-0.15, -0.1) is 0 Å². The van der Waals surface area contributed by atoms with Crippen molar-refractivity contribution in [2.24, 2.45) is 0 Å². The lowest BCUT2D eigenvalue weighted by atomic mass is 10.2. The van der Waals surface area contributed by atoms with Crippen molar-refractivity contribution in [2.45, 2.75) is 26.4 Å². The van der Waals surface area contributed by atoms with Gasteiger partial charge in [-0.2, -0.15) is 0 Å². The lowest BCUT2D eigenvalue weighted by Gasteiger charge is -2.36. The van der Waals surface area contributed by atoms with E-state index in [4.69, 9.17) is 16.3 Å². The monoisotopic (exact) mass is 435 g/mol. The van der Waals surface area contributed by atoms with Crippen LogP contribution in [0.5, 0.6) is 0 Å². The molecule has 1 N–H and O–H groups in total. The molecule has 2 aromatic rings. The van der Waals surface area contributed by atoms with Crippen LogP contribution in [-0.4, -0.2) is 58.6 Å². The molecule has 0 bridgehead atoms. The summed E-state index contributed by atoms with van der Waals surface area (Å²) < 4.78 is 18.5. The zero-order valence-electron chi connectivity index (χ0n) is 17.0. The molecule has 10 heteroatoms. The number of nitrogens with zero attached hydrogens (tertiary/aromatic N) is 4. The second-order valence-electron chi connectivity index (χ2n) is 7.79.